The summed E-state index contributed by atoms with van der Waals surface area (Å²) in [5.41, 5.74) is -4.08. The summed E-state index contributed by atoms with van der Waals surface area (Å²) in [6, 6.07) is 12.9. The zero-order valence-electron chi connectivity index (χ0n) is 16.9. The Morgan fingerprint density at radius 2 is 1.73 bits per heavy atom. The fraction of sp³-hybridized carbons (Fsp3) is 0.143. The number of aromatic nitrogens is 1. The number of halogens is 4. The molecule has 33 heavy (non-hydrogen) atoms. The van der Waals surface area contributed by atoms with Gasteiger partial charge in [0.15, 0.2) is 0 Å². The minimum Gasteiger partial charge on any atom is -0.449 e. The highest BCUT2D eigenvalue weighted by Gasteiger charge is 2.48. The van der Waals surface area contributed by atoms with Crippen molar-refractivity contribution in [1.82, 2.24) is 4.98 Å². The molecule has 7 nitrogen and oxygen atoms in total. The van der Waals surface area contributed by atoms with Crippen LogP contribution in [-0.4, -0.2) is 31.6 Å². The van der Waals surface area contributed by atoms with E-state index in [0.717, 1.165) is 12.1 Å². The number of para-hydroxylation sites is 1. The molecule has 0 saturated carbocycles. The number of rotatable bonds is 6. The highest BCUT2D eigenvalue weighted by Crippen LogP contribution is 2.38. The van der Waals surface area contributed by atoms with Gasteiger partial charge in [-0.2, -0.15) is 21.6 Å². The van der Waals surface area contributed by atoms with Gasteiger partial charge in [0.05, 0.1) is 23.0 Å². The molecule has 0 aliphatic rings. The Morgan fingerprint density at radius 3 is 2.33 bits per heavy atom. The molecule has 174 valence electrons. The molecule has 0 aliphatic carbocycles. The molecule has 2 aromatic carbocycles. The Balaban J connectivity index is 2.05. The Hall–Kier alpha value is -3.31. The third-order valence-corrected chi connectivity index (χ3v) is 5.54. The lowest BCUT2D eigenvalue weighted by Gasteiger charge is -2.25. The first-order chi connectivity index (χ1) is 15.5. The predicted octanol–water partition coefficient (Wildman–Crippen LogP) is 5.93. The number of benzene rings is 2. The van der Waals surface area contributed by atoms with Gasteiger partial charge < -0.3 is 8.92 Å². The van der Waals surface area contributed by atoms with Crippen molar-refractivity contribution in [3.05, 3.63) is 72.0 Å². The maximum absolute atomic E-state index is 12.8. The molecule has 0 bridgehead atoms. The third-order valence-electron chi connectivity index (χ3n) is 4.24. The highest BCUT2D eigenvalue weighted by atomic mass is 35.5. The van der Waals surface area contributed by atoms with E-state index in [1.807, 2.05) is 0 Å². The van der Waals surface area contributed by atoms with Gasteiger partial charge in [-0.15, -0.1) is 0 Å². The van der Waals surface area contributed by atoms with Crippen molar-refractivity contribution in [2.24, 2.45) is 0 Å². The van der Waals surface area contributed by atoms with Crippen molar-refractivity contribution in [3.63, 3.8) is 0 Å². The first kappa shape index (κ1) is 24.3. The van der Waals surface area contributed by atoms with Crippen LogP contribution in [0, 0.1) is 0 Å². The Morgan fingerprint density at radius 1 is 1.06 bits per heavy atom. The zero-order chi connectivity index (χ0) is 24.2. The van der Waals surface area contributed by atoms with E-state index in [4.69, 9.17) is 16.3 Å². The molecule has 0 radical (unpaired) electrons. The van der Waals surface area contributed by atoms with Crippen molar-refractivity contribution < 1.29 is 35.3 Å². The lowest BCUT2D eigenvalue weighted by molar-refractivity contribution is -0.0500. The van der Waals surface area contributed by atoms with Crippen LogP contribution in [0.15, 0.2) is 67.0 Å². The quantitative estimate of drug-likeness (QED) is 0.308. The summed E-state index contributed by atoms with van der Waals surface area (Å²) in [5.74, 6) is -0.533. The van der Waals surface area contributed by atoms with Gasteiger partial charge in [0.1, 0.15) is 5.75 Å². The molecule has 0 N–H and O–H groups in total. The van der Waals surface area contributed by atoms with Gasteiger partial charge in [-0.05, 0) is 42.8 Å². The molecule has 12 heteroatoms. The van der Waals surface area contributed by atoms with Crippen LogP contribution < -0.4 is 9.08 Å². The van der Waals surface area contributed by atoms with Crippen LogP contribution in [0.1, 0.15) is 6.92 Å². The molecule has 0 saturated heterocycles. The average molecular weight is 501 g/mol. The van der Waals surface area contributed by atoms with Gasteiger partial charge in [-0.25, -0.2) is 9.69 Å². The Kier molecular flexibility index (Phi) is 7.13. The Labute approximate surface area is 192 Å². The van der Waals surface area contributed by atoms with Crippen LogP contribution in [0.5, 0.6) is 5.75 Å². The van der Waals surface area contributed by atoms with E-state index in [2.05, 4.69) is 9.17 Å². The third kappa shape index (κ3) is 5.37. The summed E-state index contributed by atoms with van der Waals surface area (Å²) in [6.07, 6.45) is 2.16. The standard InChI is InChI=1S/C21H16ClF3N2O5S/c1-2-31-20(28)27(19-6-4-3-5-17(19)22)18-11-12-26-13-16(18)14-7-9-15(10-8-14)32-33(29,30)21(23,24)25/h3-13H,2H2,1H3. The van der Waals surface area contributed by atoms with E-state index >= 15 is 0 Å². The Bertz CT molecular complexity index is 1250. The predicted molar refractivity (Wildman–Crippen MR) is 116 cm³/mol. The molecule has 1 aromatic heterocycles. The van der Waals surface area contributed by atoms with Crippen LogP contribution in [0.25, 0.3) is 11.1 Å². The maximum atomic E-state index is 12.8. The molecule has 1 heterocycles. The van der Waals surface area contributed by atoms with Crippen LogP contribution in [0.3, 0.4) is 0 Å². The number of hydrogen-bond acceptors (Lipinski definition) is 6. The van der Waals surface area contributed by atoms with E-state index in [-0.39, 0.29) is 11.6 Å². The number of ether oxygens (including phenoxy) is 1. The van der Waals surface area contributed by atoms with E-state index in [1.54, 1.807) is 31.2 Å². The van der Waals surface area contributed by atoms with Crippen molar-refractivity contribution in [3.8, 4) is 16.9 Å². The highest BCUT2D eigenvalue weighted by molar-refractivity contribution is 7.88. The number of hydrogen-bond donors (Lipinski definition) is 0. The minimum absolute atomic E-state index is 0.0971. The van der Waals surface area contributed by atoms with Crippen LogP contribution in [-0.2, 0) is 14.9 Å². The van der Waals surface area contributed by atoms with Crippen LogP contribution in [0.2, 0.25) is 5.02 Å². The van der Waals surface area contributed by atoms with Gasteiger partial charge in [0.25, 0.3) is 0 Å². The van der Waals surface area contributed by atoms with E-state index in [1.165, 1.54) is 35.5 Å². The largest absolute Gasteiger partial charge is 0.534 e. The zero-order valence-corrected chi connectivity index (χ0v) is 18.5. The van der Waals surface area contributed by atoms with Gasteiger partial charge in [-0.1, -0.05) is 35.9 Å². The number of carbonyl (C=O) groups is 1. The topological polar surface area (TPSA) is 85.8 Å². The summed E-state index contributed by atoms with van der Waals surface area (Å²) >= 11 is 6.30. The first-order valence-corrected chi connectivity index (χ1v) is 11.1. The molecule has 1 amide bonds. The summed E-state index contributed by atoms with van der Waals surface area (Å²) in [7, 11) is -5.80. The molecular formula is C21H16ClF3N2O5S. The second-order valence-corrected chi connectivity index (χ2v) is 8.33. The second kappa shape index (κ2) is 9.67. The summed E-state index contributed by atoms with van der Waals surface area (Å²) in [6.45, 7) is 1.74. The minimum atomic E-state index is -5.80. The molecular weight excluding hydrogens is 485 g/mol. The summed E-state index contributed by atoms with van der Waals surface area (Å²) < 4.78 is 69.4. The molecule has 0 spiro atoms. The van der Waals surface area contributed by atoms with Crippen LogP contribution >= 0.6 is 11.6 Å². The van der Waals surface area contributed by atoms with Gasteiger partial charge in [0, 0.05) is 18.0 Å². The fourth-order valence-corrected chi connectivity index (χ4v) is 3.50. The van der Waals surface area contributed by atoms with E-state index in [0.29, 0.717) is 22.5 Å². The van der Waals surface area contributed by atoms with Gasteiger partial charge in [0.2, 0.25) is 0 Å². The molecule has 0 aliphatic heterocycles. The number of anilines is 2. The summed E-state index contributed by atoms with van der Waals surface area (Å²) in [4.78, 5) is 18.1. The molecule has 3 rings (SSSR count). The van der Waals surface area contributed by atoms with Crippen molar-refractivity contribution >= 4 is 39.2 Å². The molecule has 3 aromatic rings. The normalized spacial score (nSPS) is 11.7. The average Bonchev–Trinajstić information content (AvgIpc) is 2.75. The lowest BCUT2D eigenvalue weighted by Crippen LogP contribution is -2.28. The smallest absolute Gasteiger partial charge is 0.449 e. The molecule has 0 fully saturated rings. The monoisotopic (exact) mass is 500 g/mol. The fourth-order valence-electron chi connectivity index (χ4n) is 2.82. The van der Waals surface area contributed by atoms with Crippen molar-refractivity contribution in [2.75, 3.05) is 11.5 Å². The van der Waals surface area contributed by atoms with E-state index in [9.17, 15) is 26.4 Å². The van der Waals surface area contributed by atoms with Crippen LogP contribution in [0.4, 0.5) is 29.3 Å². The number of alkyl halides is 3. The van der Waals surface area contributed by atoms with Crippen molar-refractivity contribution in [1.29, 1.82) is 0 Å². The molecule has 0 atom stereocenters. The van der Waals surface area contributed by atoms with Gasteiger partial charge >= 0.3 is 21.7 Å². The number of pyridine rings is 1. The molecule has 0 unspecified atom stereocenters. The maximum Gasteiger partial charge on any atom is 0.534 e. The second-order valence-electron chi connectivity index (χ2n) is 6.39. The van der Waals surface area contributed by atoms with E-state index < -0.39 is 27.5 Å². The lowest BCUT2D eigenvalue weighted by atomic mass is 10.0. The first-order valence-electron chi connectivity index (χ1n) is 9.31. The van der Waals surface area contributed by atoms with Crippen molar-refractivity contribution in [2.45, 2.75) is 12.4 Å². The van der Waals surface area contributed by atoms with Gasteiger partial charge in [-0.3, -0.25) is 4.98 Å². The number of amides is 1. The number of nitrogens with zero attached hydrogens (tertiary/aromatic N) is 2. The number of carbonyl (C=O) groups excluding carboxylic acids is 1. The summed E-state index contributed by atoms with van der Waals surface area (Å²) in [5, 5.41) is 0.273. The SMILES string of the molecule is CCOC(=O)N(c1ccccc1Cl)c1ccncc1-c1ccc(OS(=O)(=O)C(F)(F)F)cc1.